The Morgan fingerprint density at radius 2 is 2.06 bits per heavy atom. The molecule has 0 bridgehead atoms. The lowest BCUT2D eigenvalue weighted by Crippen LogP contribution is -2.55. The number of hydrogen-bond acceptors (Lipinski definition) is 3. The van der Waals surface area contributed by atoms with Gasteiger partial charge in [0.05, 0.1) is 12.1 Å². The lowest BCUT2D eigenvalue weighted by Gasteiger charge is -2.26. The lowest BCUT2D eigenvalue weighted by molar-refractivity contribution is -0.140. The molecule has 2 atom stereocenters. The summed E-state index contributed by atoms with van der Waals surface area (Å²) < 4.78 is 5.20. The Balaban J connectivity index is 2.50. The standard InChI is InChI=1S/C11H20N2O4/c1-7(2)8(9(14)15)12-10(16)13-11(3)4-5-17-6-11/h7-8H,4-6H2,1-3H3,(H,14,15)(H2,12,13,16). The molecule has 98 valence electrons. The van der Waals surface area contributed by atoms with Crippen LogP contribution in [-0.4, -0.2) is 41.9 Å². The molecule has 1 rings (SSSR count). The van der Waals surface area contributed by atoms with Gasteiger partial charge in [-0.05, 0) is 19.3 Å². The topological polar surface area (TPSA) is 87.7 Å². The van der Waals surface area contributed by atoms with Crippen LogP contribution in [0.2, 0.25) is 0 Å². The first-order chi connectivity index (χ1) is 7.84. The van der Waals surface area contributed by atoms with Crippen LogP contribution in [0, 0.1) is 5.92 Å². The van der Waals surface area contributed by atoms with Gasteiger partial charge in [-0.25, -0.2) is 9.59 Å². The van der Waals surface area contributed by atoms with Crippen molar-refractivity contribution >= 4 is 12.0 Å². The molecule has 3 N–H and O–H groups in total. The van der Waals surface area contributed by atoms with Crippen molar-refractivity contribution in [3.63, 3.8) is 0 Å². The second-order valence-electron chi connectivity index (χ2n) is 5.02. The summed E-state index contributed by atoms with van der Waals surface area (Å²) in [5.41, 5.74) is -0.399. The molecular weight excluding hydrogens is 224 g/mol. The van der Waals surface area contributed by atoms with Crippen LogP contribution in [-0.2, 0) is 9.53 Å². The molecule has 6 heteroatoms. The molecule has 1 saturated heterocycles. The molecule has 0 spiro atoms. The second kappa shape index (κ2) is 5.35. The number of carbonyl (C=O) groups is 2. The molecule has 0 saturated carbocycles. The van der Waals surface area contributed by atoms with Crippen molar-refractivity contribution in [3.05, 3.63) is 0 Å². The van der Waals surface area contributed by atoms with Gasteiger partial charge in [0.1, 0.15) is 6.04 Å². The maximum Gasteiger partial charge on any atom is 0.326 e. The summed E-state index contributed by atoms with van der Waals surface area (Å²) >= 11 is 0. The van der Waals surface area contributed by atoms with Gasteiger partial charge in [-0.1, -0.05) is 13.8 Å². The number of aliphatic carboxylic acids is 1. The Hall–Kier alpha value is -1.30. The summed E-state index contributed by atoms with van der Waals surface area (Å²) in [5, 5.41) is 14.2. The van der Waals surface area contributed by atoms with Crippen molar-refractivity contribution in [2.45, 2.75) is 38.8 Å². The van der Waals surface area contributed by atoms with E-state index >= 15 is 0 Å². The average Bonchev–Trinajstić information content (AvgIpc) is 2.60. The Kier molecular flexibility index (Phi) is 4.34. The third-order valence-electron chi connectivity index (χ3n) is 2.85. The summed E-state index contributed by atoms with van der Waals surface area (Å²) in [6, 6.07) is -1.33. The Bertz CT molecular complexity index is 298. The zero-order chi connectivity index (χ0) is 13.1. The number of carbonyl (C=O) groups excluding carboxylic acids is 1. The molecule has 0 aromatic heterocycles. The average molecular weight is 244 g/mol. The van der Waals surface area contributed by atoms with Gasteiger partial charge in [0.25, 0.3) is 0 Å². The van der Waals surface area contributed by atoms with Gasteiger partial charge in [0, 0.05) is 6.61 Å². The van der Waals surface area contributed by atoms with Crippen LogP contribution < -0.4 is 10.6 Å². The highest BCUT2D eigenvalue weighted by molar-refractivity contribution is 5.83. The summed E-state index contributed by atoms with van der Waals surface area (Å²) in [6.07, 6.45) is 0.736. The maximum absolute atomic E-state index is 11.7. The first-order valence-electron chi connectivity index (χ1n) is 5.73. The quantitative estimate of drug-likeness (QED) is 0.674. The highest BCUT2D eigenvalue weighted by atomic mass is 16.5. The van der Waals surface area contributed by atoms with Gasteiger partial charge < -0.3 is 20.5 Å². The summed E-state index contributed by atoms with van der Waals surface area (Å²) in [5.74, 6) is -1.19. The number of carboxylic acid groups (broad SMARTS) is 1. The van der Waals surface area contributed by atoms with Crippen LogP contribution in [0.15, 0.2) is 0 Å². The molecule has 1 heterocycles. The molecule has 2 unspecified atom stereocenters. The van der Waals surface area contributed by atoms with Gasteiger partial charge in [0.15, 0.2) is 0 Å². The summed E-state index contributed by atoms with van der Waals surface area (Å²) in [7, 11) is 0. The van der Waals surface area contributed by atoms with Crippen LogP contribution in [0.5, 0.6) is 0 Å². The second-order valence-corrected chi connectivity index (χ2v) is 5.02. The fourth-order valence-electron chi connectivity index (χ4n) is 1.73. The minimum absolute atomic E-state index is 0.161. The largest absolute Gasteiger partial charge is 0.480 e. The molecule has 0 aliphatic carbocycles. The Morgan fingerprint density at radius 3 is 2.47 bits per heavy atom. The van der Waals surface area contributed by atoms with E-state index in [2.05, 4.69) is 10.6 Å². The Morgan fingerprint density at radius 1 is 1.41 bits per heavy atom. The van der Waals surface area contributed by atoms with E-state index in [9.17, 15) is 9.59 Å². The predicted molar refractivity (Wildman–Crippen MR) is 61.8 cm³/mol. The van der Waals surface area contributed by atoms with Gasteiger partial charge in [-0.15, -0.1) is 0 Å². The van der Waals surface area contributed by atoms with Crippen molar-refractivity contribution < 1.29 is 19.4 Å². The molecule has 1 fully saturated rings. The van der Waals surface area contributed by atoms with Crippen molar-refractivity contribution in [3.8, 4) is 0 Å². The predicted octanol–water partition coefficient (Wildman–Crippen LogP) is 0.574. The fourth-order valence-corrected chi connectivity index (χ4v) is 1.73. The van der Waals surface area contributed by atoms with E-state index in [4.69, 9.17) is 9.84 Å². The van der Waals surface area contributed by atoms with Crippen molar-refractivity contribution in [1.29, 1.82) is 0 Å². The van der Waals surface area contributed by atoms with Gasteiger partial charge in [0.2, 0.25) is 0 Å². The maximum atomic E-state index is 11.7. The van der Waals surface area contributed by atoms with Crippen LogP contribution >= 0.6 is 0 Å². The van der Waals surface area contributed by atoms with Crippen LogP contribution in [0.4, 0.5) is 4.79 Å². The van der Waals surface area contributed by atoms with E-state index in [0.717, 1.165) is 6.42 Å². The van der Waals surface area contributed by atoms with Crippen LogP contribution in [0.25, 0.3) is 0 Å². The van der Waals surface area contributed by atoms with Gasteiger partial charge in [-0.3, -0.25) is 0 Å². The minimum Gasteiger partial charge on any atom is -0.480 e. The van der Waals surface area contributed by atoms with E-state index in [1.807, 2.05) is 6.92 Å². The Labute approximate surface area is 101 Å². The number of ether oxygens (including phenoxy) is 1. The molecule has 2 amide bonds. The van der Waals surface area contributed by atoms with E-state index in [1.54, 1.807) is 13.8 Å². The molecule has 1 aliphatic rings. The van der Waals surface area contributed by atoms with Crippen molar-refractivity contribution in [1.82, 2.24) is 10.6 Å². The number of carboxylic acids is 1. The first-order valence-corrected chi connectivity index (χ1v) is 5.73. The van der Waals surface area contributed by atoms with E-state index in [1.165, 1.54) is 0 Å². The van der Waals surface area contributed by atoms with Crippen LogP contribution in [0.1, 0.15) is 27.2 Å². The highest BCUT2D eigenvalue weighted by Gasteiger charge is 2.32. The fraction of sp³-hybridized carbons (Fsp3) is 0.818. The zero-order valence-corrected chi connectivity index (χ0v) is 10.4. The third kappa shape index (κ3) is 3.89. The molecule has 1 aliphatic heterocycles. The van der Waals surface area contributed by atoms with Crippen molar-refractivity contribution in [2.24, 2.45) is 5.92 Å². The smallest absolute Gasteiger partial charge is 0.326 e. The number of rotatable bonds is 4. The summed E-state index contributed by atoms with van der Waals surface area (Å²) in [4.78, 5) is 22.6. The lowest BCUT2D eigenvalue weighted by atomic mass is 10.0. The van der Waals surface area contributed by atoms with Gasteiger partial charge in [-0.2, -0.15) is 0 Å². The number of hydrogen-bond donors (Lipinski definition) is 3. The first kappa shape index (κ1) is 13.8. The number of nitrogens with one attached hydrogen (secondary N) is 2. The van der Waals surface area contributed by atoms with Crippen LogP contribution in [0.3, 0.4) is 0 Å². The SMILES string of the molecule is CC(C)C(NC(=O)NC1(C)CCOC1)C(=O)O. The monoisotopic (exact) mass is 244 g/mol. The van der Waals surface area contributed by atoms with E-state index < -0.39 is 23.6 Å². The molecule has 0 radical (unpaired) electrons. The van der Waals surface area contributed by atoms with E-state index in [-0.39, 0.29) is 5.92 Å². The molecular formula is C11H20N2O4. The number of amides is 2. The zero-order valence-electron chi connectivity index (χ0n) is 10.4. The molecule has 6 nitrogen and oxygen atoms in total. The molecule has 17 heavy (non-hydrogen) atoms. The highest BCUT2D eigenvalue weighted by Crippen LogP contribution is 2.17. The number of urea groups is 1. The molecule has 0 aromatic carbocycles. The minimum atomic E-state index is -1.03. The normalized spacial score (nSPS) is 25.6. The van der Waals surface area contributed by atoms with E-state index in [0.29, 0.717) is 13.2 Å². The van der Waals surface area contributed by atoms with Gasteiger partial charge >= 0.3 is 12.0 Å². The molecule has 0 aromatic rings. The van der Waals surface area contributed by atoms with Crippen molar-refractivity contribution in [2.75, 3.05) is 13.2 Å². The summed E-state index contributed by atoms with van der Waals surface area (Å²) in [6.45, 7) is 6.45. The third-order valence-corrected chi connectivity index (χ3v) is 2.85.